The van der Waals surface area contributed by atoms with Crippen molar-refractivity contribution in [3.8, 4) is 0 Å². The number of hydrogen-bond donors (Lipinski definition) is 0. The summed E-state index contributed by atoms with van der Waals surface area (Å²) in [5.74, 6) is 0.233. The zero-order valence-electron chi connectivity index (χ0n) is 12.3. The van der Waals surface area contributed by atoms with Gasteiger partial charge in [0.15, 0.2) is 9.84 Å². The Morgan fingerprint density at radius 3 is 2.40 bits per heavy atom. The van der Waals surface area contributed by atoms with Gasteiger partial charge < -0.3 is 0 Å². The second kappa shape index (κ2) is 6.18. The Bertz CT molecular complexity index is 566. The maximum Gasteiger partial charge on any atom is 0.178 e. The van der Waals surface area contributed by atoms with Crippen LogP contribution in [0.15, 0.2) is 23.1 Å². The van der Waals surface area contributed by atoms with Gasteiger partial charge in [0, 0.05) is 5.33 Å². The fourth-order valence-corrected chi connectivity index (χ4v) is 6.24. The van der Waals surface area contributed by atoms with E-state index >= 15 is 0 Å². The largest absolute Gasteiger partial charge is 0.224 e. The lowest BCUT2D eigenvalue weighted by atomic mass is 9.87. The summed E-state index contributed by atoms with van der Waals surface area (Å²) >= 11 is 3.50. The zero-order valence-corrected chi connectivity index (χ0v) is 14.7. The normalized spacial score (nSPS) is 15.3. The Labute approximate surface area is 131 Å². The Morgan fingerprint density at radius 2 is 1.80 bits per heavy atom. The molecule has 20 heavy (non-hydrogen) atoms. The lowest BCUT2D eigenvalue weighted by Gasteiger charge is -2.29. The van der Waals surface area contributed by atoms with Gasteiger partial charge in [-0.15, -0.1) is 0 Å². The van der Waals surface area contributed by atoms with Crippen LogP contribution in [-0.2, 0) is 22.7 Å². The van der Waals surface area contributed by atoms with Crippen LogP contribution in [0.2, 0.25) is 0 Å². The lowest BCUT2D eigenvalue weighted by molar-refractivity contribution is 0.351. The van der Waals surface area contributed by atoms with Gasteiger partial charge in [0.1, 0.15) is 0 Å². The smallest absolute Gasteiger partial charge is 0.178 e. The Balaban J connectivity index is 2.31. The maximum atomic E-state index is 12.7. The van der Waals surface area contributed by atoms with Gasteiger partial charge in [0.2, 0.25) is 0 Å². The molecule has 0 aliphatic heterocycles. The number of hydrogen-bond acceptors (Lipinski definition) is 2. The molecule has 0 heterocycles. The molecule has 0 unspecified atom stereocenters. The summed E-state index contributed by atoms with van der Waals surface area (Å²) < 4.78 is 25.4. The average Bonchev–Trinajstić information content (AvgIpc) is 2.92. The highest BCUT2D eigenvalue weighted by molar-refractivity contribution is 9.09. The van der Waals surface area contributed by atoms with Crippen LogP contribution in [-0.4, -0.2) is 19.5 Å². The summed E-state index contributed by atoms with van der Waals surface area (Å²) in [5, 5.41) is 0.733. The van der Waals surface area contributed by atoms with E-state index in [1.807, 2.05) is 12.1 Å². The van der Waals surface area contributed by atoms with E-state index in [4.69, 9.17) is 0 Å². The van der Waals surface area contributed by atoms with Gasteiger partial charge in [0.25, 0.3) is 0 Å². The first-order valence-corrected chi connectivity index (χ1v) is 10.1. The monoisotopic (exact) mass is 358 g/mol. The molecule has 0 N–H and O–H groups in total. The van der Waals surface area contributed by atoms with E-state index < -0.39 is 9.84 Å². The number of sulfone groups is 1. The van der Waals surface area contributed by atoms with Crippen LogP contribution in [0.5, 0.6) is 0 Å². The lowest BCUT2D eigenvalue weighted by Crippen LogP contribution is -2.30. The number of benzene rings is 1. The molecular formula is C16H23BrO2S. The minimum atomic E-state index is -3.21. The predicted molar refractivity (Wildman–Crippen MR) is 87.3 cm³/mol. The number of alkyl halides is 1. The molecule has 2 nitrogen and oxygen atoms in total. The molecule has 0 spiro atoms. The third kappa shape index (κ3) is 3.11. The second-order valence-corrected chi connectivity index (χ2v) is 8.43. The molecule has 0 radical (unpaired) electrons. The van der Waals surface area contributed by atoms with Gasteiger partial charge in [-0.25, -0.2) is 8.42 Å². The van der Waals surface area contributed by atoms with Gasteiger partial charge in [-0.1, -0.05) is 35.8 Å². The highest BCUT2D eigenvalue weighted by Crippen LogP contribution is 2.33. The molecule has 1 aliphatic carbocycles. The summed E-state index contributed by atoms with van der Waals surface area (Å²) in [4.78, 5) is 0.505. The standard InChI is InChI=1S/C16H23BrO2S/c1-3-16(4-2,11-17)12-20(18,19)15-9-8-13-6-5-7-14(13)10-15/h8-10H,3-7,11-12H2,1-2H3. The molecule has 0 fully saturated rings. The number of halogens is 1. The molecule has 0 bridgehead atoms. The fraction of sp³-hybridized carbons (Fsp3) is 0.625. The minimum Gasteiger partial charge on any atom is -0.224 e. The van der Waals surface area contributed by atoms with E-state index in [0.29, 0.717) is 4.90 Å². The molecule has 0 saturated heterocycles. The van der Waals surface area contributed by atoms with Crippen LogP contribution in [0.3, 0.4) is 0 Å². The van der Waals surface area contributed by atoms with Crippen LogP contribution in [0.1, 0.15) is 44.2 Å². The summed E-state index contributed by atoms with van der Waals surface area (Å²) in [6.45, 7) is 4.14. The summed E-state index contributed by atoms with van der Waals surface area (Å²) in [5.41, 5.74) is 2.39. The highest BCUT2D eigenvalue weighted by Gasteiger charge is 2.32. The van der Waals surface area contributed by atoms with Crippen LogP contribution < -0.4 is 0 Å². The summed E-state index contributed by atoms with van der Waals surface area (Å²) in [6.07, 6.45) is 5.00. The van der Waals surface area contributed by atoms with Crippen molar-refractivity contribution in [3.63, 3.8) is 0 Å². The van der Waals surface area contributed by atoms with E-state index in [-0.39, 0.29) is 11.2 Å². The molecule has 2 rings (SSSR count). The van der Waals surface area contributed by atoms with Crippen LogP contribution >= 0.6 is 15.9 Å². The van der Waals surface area contributed by atoms with Crippen molar-refractivity contribution in [2.24, 2.45) is 5.41 Å². The Hall–Kier alpha value is -0.350. The molecule has 1 aromatic rings. The van der Waals surface area contributed by atoms with Crippen molar-refractivity contribution in [1.29, 1.82) is 0 Å². The summed E-state index contributed by atoms with van der Waals surface area (Å²) in [6, 6.07) is 5.70. The van der Waals surface area contributed by atoms with Crippen molar-refractivity contribution in [3.05, 3.63) is 29.3 Å². The van der Waals surface area contributed by atoms with Crippen molar-refractivity contribution in [2.75, 3.05) is 11.1 Å². The molecular weight excluding hydrogens is 336 g/mol. The van der Waals surface area contributed by atoms with Crippen LogP contribution in [0.4, 0.5) is 0 Å². The van der Waals surface area contributed by atoms with E-state index in [9.17, 15) is 8.42 Å². The zero-order chi connectivity index (χ0) is 14.8. The van der Waals surface area contributed by atoms with Gasteiger partial charge in [-0.05, 0) is 60.8 Å². The van der Waals surface area contributed by atoms with Crippen molar-refractivity contribution in [1.82, 2.24) is 0 Å². The third-order valence-corrected chi connectivity index (χ3v) is 7.86. The van der Waals surface area contributed by atoms with E-state index in [2.05, 4.69) is 29.8 Å². The highest BCUT2D eigenvalue weighted by atomic mass is 79.9. The molecule has 1 aliphatic rings. The molecule has 0 atom stereocenters. The minimum absolute atomic E-state index is 0.155. The van der Waals surface area contributed by atoms with Gasteiger partial charge in [-0.3, -0.25) is 0 Å². The molecule has 4 heteroatoms. The van der Waals surface area contributed by atoms with E-state index in [1.54, 1.807) is 6.07 Å². The van der Waals surface area contributed by atoms with Crippen LogP contribution in [0, 0.1) is 5.41 Å². The van der Waals surface area contributed by atoms with E-state index in [0.717, 1.165) is 37.4 Å². The SMILES string of the molecule is CCC(CC)(CBr)CS(=O)(=O)c1ccc2c(c1)CCC2. The number of fused-ring (bicyclic) bond motifs is 1. The van der Waals surface area contributed by atoms with Crippen molar-refractivity contribution >= 4 is 25.8 Å². The maximum absolute atomic E-state index is 12.7. The first-order valence-electron chi connectivity index (χ1n) is 7.37. The van der Waals surface area contributed by atoms with Crippen LogP contribution in [0.25, 0.3) is 0 Å². The van der Waals surface area contributed by atoms with Gasteiger partial charge >= 0.3 is 0 Å². The number of rotatable bonds is 6. The molecule has 0 amide bonds. The quantitative estimate of drug-likeness (QED) is 0.715. The van der Waals surface area contributed by atoms with Gasteiger partial charge in [0.05, 0.1) is 10.6 Å². The van der Waals surface area contributed by atoms with E-state index in [1.165, 1.54) is 11.1 Å². The van der Waals surface area contributed by atoms with Crippen molar-refractivity contribution < 1.29 is 8.42 Å². The molecule has 1 aromatic carbocycles. The number of aryl methyl sites for hydroxylation is 2. The van der Waals surface area contributed by atoms with Crippen molar-refractivity contribution in [2.45, 2.75) is 50.8 Å². The third-order valence-electron chi connectivity index (χ3n) is 4.71. The topological polar surface area (TPSA) is 34.1 Å². The molecule has 112 valence electrons. The Morgan fingerprint density at radius 1 is 1.15 bits per heavy atom. The predicted octanol–water partition coefficient (Wildman–Crippen LogP) is 4.15. The molecule has 0 saturated carbocycles. The summed E-state index contributed by atoms with van der Waals surface area (Å²) in [7, 11) is -3.21. The first-order chi connectivity index (χ1) is 9.46. The average molecular weight is 359 g/mol. The molecule has 0 aromatic heterocycles. The fourth-order valence-electron chi connectivity index (χ4n) is 2.91. The van der Waals surface area contributed by atoms with Gasteiger partial charge in [-0.2, -0.15) is 0 Å². The Kier molecular flexibility index (Phi) is 4.96. The first kappa shape index (κ1) is 16.0. The second-order valence-electron chi connectivity index (χ2n) is 5.88.